The first-order valence-corrected chi connectivity index (χ1v) is 12.2. The summed E-state index contributed by atoms with van der Waals surface area (Å²) in [7, 11) is -2.10. The Kier molecular flexibility index (Phi) is 9.09. The van der Waals surface area contributed by atoms with Gasteiger partial charge in [-0.05, 0) is 61.6 Å². The summed E-state index contributed by atoms with van der Waals surface area (Å²) < 4.78 is 38.8. The normalized spacial score (nSPS) is 12.5. The zero-order valence-electron chi connectivity index (χ0n) is 19.7. The van der Waals surface area contributed by atoms with Crippen molar-refractivity contribution in [3.8, 4) is 11.5 Å². The fourth-order valence-electron chi connectivity index (χ4n) is 3.10. The number of hydrogen-bond acceptors (Lipinski definition) is 5. The molecule has 32 heavy (non-hydrogen) atoms. The van der Waals surface area contributed by atoms with Crippen molar-refractivity contribution in [1.82, 2.24) is 10.0 Å². The number of benzene rings is 2. The van der Waals surface area contributed by atoms with Crippen LogP contribution in [-0.2, 0) is 14.8 Å². The molecule has 0 heterocycles. The van der Waals surface area contributed by atoms with Crippen LogP contribution in [0.4, 0.5) is 0 Å². The van der Waals surface area contributed by atoms with Crippen LogP contribution in [0.5, 0.6) is 11.5 Å². The third-order valence-corrected chi connectivity index (χ3v) is 6.52. The maximum absolute atomic E-state index is 12.6. The smallest absolute Gasteiger partial charge is 0.240 e. The molecule has 7 nitrogen and oxygen atoms in total. The average molecular weight is 463 g/mol. The minimum absolute atomic E-state index is 0.0135. The van der Waals surface area contributed by atoms with Gasteiger partial charge in [-0.25, -0.2) is 13.1 Å². The zero-order valence-corrected chi connectivity index (χ0v) is 20.5. The topological polar surface area (TPSA) is 93.7 Å². The van der Waals surface area contributed by atoms with E-state index in [1.165, 1.54) is 0 Å². The van der Waals surface area contributed by atoms with Gasteiger partial charge in [0.2, 0.25) is 15.9 Å². The van der Waals surface area contributed by atoms with Crippen LogP contribution in [0, 0.1) is 19.8 Å². The Morgan fingerprint density at radius 2 is 1.75 bits per heavy atom. The van der Waals surface area contributed by atoms with Gasteiger partial charge in [0.1, 0.15) is 0 Å². The molecule has 2 aromatic rings. The van der Waals surface area contributed by atoms with Crippen molar-refractivity contribution >= 4 is 15.9 Å². The van der Waals surface area contributed by atoms with Crippen LogP contribution in [0.2, 0.25) is 0 Å². The number of amides is 1. The van der Waals surface area contributed by atoms with Crippen LogP contribution in [0.25, 0.3) is 0 Å². The van der Waals surface area contributed by atoms with Crippen molar-refractivity contribution in [2.75, 3.05) is 20.3 Å². The molecule has 176 valence electrons. The standard InChI is InChI=1S/C24H34N2O5S/c1-16(2)15-31-21-10-9-20(14-22(21)30-6)19(5)26-24(27)11-12-25-32(28,29)23-13-17(3)7-8-18(23)4/h7-10,13-14,16,19,25H,11-12,15H2,1-6H3,(H,26,27). The van der Waals surface area contributed by atoms with Gasteiger partial charge < -0.3 is 14.8 Å². The van der Waals surface area contributed by atoms with Crippen LogP contribution >= 0.6 is 0 Å². The van der Waals surface area contributed by atoms with E-state index < -0.39 is 10.0 Å². The number of ether oxygens (including phenoxy) is 2. The van der Waals surface area contributed by atoms with Crippen molar-refractivity contribution in [2.45, 2.75) is 52.0 Å². The highest BCUT2D eigenvalue weighted by molar-refractivity contribution is 7.89. The lowest BCUT2D eigenvalue weighted by Gasteiger charge is -2.18. The van der Waals surface area contributed by atoms with Crippen LogP contribution in [0.15, 0.2) is 41.3 Å². The van der Waals surface area contributed by atoms with Gasteiger partial charge in [-0.1, -0.05) is 32.0 Å². The van der Waals surface area contributed by atoms with Crippen LogP contribution in [0.3, 0.4) is 0 Å². The van der Waals surface area contributed by atoms with E-state index in [1.807, 2.05) is 38.1 Å². The first-order chi connectivity index (χ1) is 15.0. The largest absolute Gasteiger partial charge is 0.493 e. The highest BCUT2D eigenvalue weighted by atomic mass is 32.2. The molecule has 1 atom stereocenters. The number of methoxy groups -OCH3 is 1. The Morgan fingerprint density at radius 1 is 1.03 bits per heavy atom. The second-order valence-electron chi connectivity index (χ2n) is 8.32. The summed E-state index contributed by atoms with van der Waals surface area (Å²) in [6.45, 7) is 10.2. The molecule has 0 bridgehead atoms. The van der Waals surface area contributed by atoms with Crippen LogP contribution < -0.4 is 19.5 Å². The summed E-state index contributed by atoms with van der Waals surface area (Å²) in [6.07, 6.45) is 0.0289. The molecule has 1 amide bonds. The highest BCUT2D eigenvalue weighted by Crippen LogP contribution is 2.30. The monoisotopic (exact) mass is 462 g/mol. The molecule has 2 rings (SSSR count). The molecule has 0 aliphatic heterocycles. The fourth-order valence-corrected chi connectivity index (χ4v) is 4.46. The minimum atomic E-state index is -3.68. The van der Waals surface area contributed by atoms with Gasteiger partial charge in [-0.3, -0.25) is 4.79 Å². The van der Waals surface area contributed by atoms with E-state index in [9.17, 15) is 13.2 Å². The Balaban J connectivity index is 1.93. The van der Waals surface area contributed by atoms with Crippen LogP contribution in [0.1, 0.15) is 49.9 Å². The van der Waals surface area contributed by atoms with E-state index in [2.05, 4.69) is 23.9 Å². The molecule has 0 spiro atoms. The lowest BCUT2D eigenvalue weighted by atomic mass is 10.1. The molecular formula is C24H34N2O5S. The Morgan fingerprint density at radius 3 is 2.41 bits per heavy atom. The van der Waals surface area contributed by atoms with E-state index >= 15 is 0 Å². The van der Waals surface area contributed by atoms with Crippen molar-refractivity contribution in [2.24, 2.45) is 5.92 Å². The fraction of sp³-hybridized carbons (Fsp3) is 0.458. The SMILES string of the molecule is COc1cc(C(C)NC(=O)CCNS(=O)(=O)c2cc(C)ccc2C)ccc1OCC(C)C. The predicted octanol–water partition coefficient (Wildman–Crippen LogP) is 3.89. The number of nitrogens with one attached hydrogen (secondary N) is 2. The highest BCUT2D eigenvalue weighted by Gasteiger charge is 2.18. The third-order valence-electron chi connectivity index (χ3n) is 4.91. The number of rotatable bonds is 11. The summed E-state index contributed by atoms with van der Waals surface area (Å²) in [5.74, 6) is 1.40. The van der Waals surface area contributed by atoms with E-state index in [0.717, 1.165) is 11.1 Å². The van der Waals surface area contributed by atoms with Crippen LogP contribution in [-0.4, -0.2) is 34.6 Å². The van der Waals surface area contributed by atoms with E-state index in [-0.39, 0.29) is 29.8 Å². The zero-order chi connectivity index (χ0) is 23.9. The Bertz CT molecular complexity index is 1030. The van der Waals surface area contributed by atoms with E-state index in [4.69, 9.17) is 9.47 Å². The van der Waals surface area contributed by atoms with Crippen molar-refractivity contribution in [3.63, 3.8) is 0 Å². The minimum Gasteiger partial charge on any atom is -0.493 e. The number of aryl methyl sites for hydroxylation is 2. The van der Waals surface area contributed by atoms with Crippen molar-refractivity contribution in [3.05, 3.63) is 53.1 Å². The van der Waals surface area contributed by atoms with Crippen molar-refractivity contribution in [1.29, 1.82) is 0 Å². The summed E-state index contributed by atoms with van der Waals surface area (Å²) in [5, 5.41) is 2.89. The molecule has 0 aliphatic carbocycles. The quantitative estimate of drug-likeness (QED) is 0.528. The molecule has 0 aromatic heterocycles. The molecular weight excluding hydrogens is 428 g/mol. The van der Waals surface area contributed by atoms with Gasteiger partial charge in [-0.15, -0.1) is 0 Å². The van der Waals surface area contributed by atoms with E-state index in [0.29, 0.717) is 29.6 Å². The second-order valence-corrected chi connectivity index (χ2v) is 10.1. The van der Waals surface area contributed by atoms with Gasteiger partial charge in [-0.2, -0.15) is 0 Å². The van der Waals surface area contributed by atoms with E-state index in [1.54, 1.807) is 26.2 Å². The van der Waals surface area contributed by atoms with Gasteiger partial charge >= 0.3 is 0 Å². The molecule has 2 aromatic carbocycles. The second kappa shape index (κ2) is 11.3. The summed E-state index contributed by atoms with van der Waals surface area (Å²) in [4.78, 5) is 12.6. The molecule has 8 heteroatoms. The average Bonchev–Trinajstić information content (AvgIpc) is 2.73. The Hall–Kier alpha value is -2.58. The van der Waals surface area contributed by atoms with Gasteiger partial charge in [0.15, 0.2) is 11.5 Å². The lowest BCUT2D eigenvalue weighted by Crippen LogP contribution is -2.32. The predicted molar refractivity (Wildman–Crippen MR) is 126 cm³/mol. The molecule has 0 aliphatic rings. The van der Waals surface area contributed by atoms with Gasteiger partial charge in [0.25, 0.3) is 0 Å². The van der Waals surface area contributed by atoms with Gasteiger partial charge in [0.05, 0.1) is 24.7 Å². The first kappa shape index (κ1) is 25.7. The lowest BCUT2D eigenvalue weighted by molar-refractivity contribution is -0.121. The summed E-state index contributed by atoms with van der Waals surface area (Å²) in [6, 6.07) is 10.5. The number of hydrogen-bond donors (Lipinski definition) is 2. The maximum atomic E-state index is 12.6. The molecule has 0 fully saturated rings. The molecule has 1 unspecified atom stereocenters. The number of carbonyl (C=O) groups excluding carboxylic acids is 1. The molecule has 2 N–H and O–H groups in total. The van der Waals surface area contributed by atoms with Gasteiger partial charge in [0, 0.05) is 13.0 Å². The summed E-state index contributed by atoms with van der Waals surface area (Å²) >= 11 is 0. The molecule has 0 saturated carbocycles. The first-order valence-electron chi connectivity index (χ1n) is 10.7. The number of sulfonamides is 1. The third kappa shape index (κ3) is 7.24. The Labute approximate surface area is 191 Å². The molecule has 0 radical (unpaired) electrons. The summed E-state index contributed by atoms with van der Waals surface area (Å²) in [5.41, 5.74) is 2.39. The van der Waals surface area contributed by atoms with Crippen molar-refractivity contribution < 1.29 is 22.7 Å². The maximum Gasteiger partial charge on any atom is 0.240 e. The molecule has 0 saturated heterocycles. The number of carbonyl (C=O) groups is 1.